The summed E-state index contributed by atoms with van der Waals surface area (Å²) >= 11 is 6.03. The van der Waals surface area contributed by atoms with Gasteiger partial charge in [-0.2, -0.15) is 0 Å². The molecule has 7 nitrogen and oxygen atoms in total. The van der Waals surface area contributed by atoms with Crippen LogP contribution in [-0.4, -0.2) is 31.9 Å². The molecule has 2 aromatic carbocycles. The molecule has 2 aromatic rings. The van der Waals surface area contributed by atoms with Crippen LogP contribution in [0.3, 0.4) is 0 Å². The zero-order valence-electron chi connectivity index (χ0n) is 18.5. The Morgan fingerprint density at radius 3 is 2.26 bits per heavy atom. The molecule has 0 aliphatic heterocycles. The number of Topliss-reactive ketones (excluding diaryl/α,β-unsaturated/α-hetero) is 1. The largest absolute Gasteiger partial charge is 0.507 e. The van der Waals surface area contributed by atoms with Crippen LogP contribution in [0.5, 0.6) is 5.75 Å². The summed E-state index contributed by atoms with van der Waals surface area (Å²) in [5, 5.41) is 10.4. The number of rotatable bonds is 7. The third-order valence-corrected chi connectivity index (χ3v) is 9.27. The predicted octanol–water partition coefficient (Wildman–Crippen LogP) is 4.79. The highest BCUT2D eigenvalue weighted by Crippen LogP contribution is 2.60. The van der Waals surface area contributed by atoms with Gasteiger partial charge in [0.1, 0.15) is 11.3 Å². The summed E-state index contributed by atoms with van der Waals surface area (Å²) in [5.41, 5.74) is -0.538. The first-order valence-electron chi connectivity index (χ1n) is 11.5. The van der Waals surface area contributed by atoms with E-state index in [-0.39, 0.29) is 33.6 Å². The maximum atomic E-state index is 13.1. The second-order valence-corrected chi connectivity index (χ2v) is 12.1. The van der Waals surface area contributed by atoms with Gasteiger partial charge < -0.3 is 9.84 Å². The van der Waals surface area contributed by atoms with Crippen molar-refractivity contribution in [3.63, 3.8) is 0 Å². The number of hydrogen-bond donors (Lipinski definition) is 2. The van der Waals surface area contributed by atoms with Gasteiger partial charge in [-0.05, 0) is 86.6 Å². The number of hydrogen-bond acceptors (Lipinski definition) is 6. The normalized spacial score (nSPS) is 27.4. The minimum atomic E-state index is -4.09. The molecule has 4 fully saturated rings. The van der Waals surface area contributed by atoms with Gasteiger partial charge in [-0.25, -0.2) is 13.2 Å². The van der Waals surface area contributed by atoms with Crippen molar-refractivity contribution in [2.24, 2.45) is 23.2 Å². The fourth-order valence-corrected chi connectivity index (χ4v) is 7.75. The summed E-state index contributed by atoms with van der Waals surface area (Å²) in [7, 11) is -4.09. The maximum absolute atomic E-state index is 13.1. The van der Waals surface area contributed by atoms with Crippen LogP contribution in [0.2, 0.25) is 5.02 Å². The first kappa shape index (κ1) is 23.2. The molecule has 34 heavy (non-hydrogen) atoms. The SMILES string of the molecule is O=C(OCC(=O)C12CC3CC(CC(C3)C1)C2)c1cc(S(=O)(=O)Nc2ccccc2Cl)ccc1O. The van der Waals surface area contributed by atoms with Gasteiger partial charge in [0.15, 0.2) is 12.4 Å². The summed E-state index contributed by atoms with van der Waals surface area (Å²) in [6.45, 7) is -0.376. The number of carbonyl (C=O) groups excluding carboxylic acids is 2. The number of para-hydroxylation sites is 1. The average Bonchev–Trinajstić information content (AvgIpc) is 2.78. The molecule has 4 aliphatic rings. The zero-order valence-corrected chi connectivity index (χ0v) is 20.1. The molecular formula is C25H26ClNO6S. The topological polar surface area (TPSA) is 110 Å². The van der Waals surface area contributed by atoms with Crippen LogP contribution in [0.1, 0.15) is 48.9 Å². The molecule has 0 atom stereocenters. The van der Waals surface area contributed by atoms with Gasteiger partial charge in [0.05, 0.1) is 15.6 Å². The van der Waals surface area contributed by atoms with Crippen LogP contribution < -0.4 is 4.72 Å². The maximum Gasteiger partial charge on any atom is 0.342 e. The van der Waals surface area contributed by atoms with Gasteiger partial charge in [-0.15, -0.1) is 0 Å². The van der Waals surface area contributed by atoms with Gasteiger partial charge in [-0.3, -0.25) is 9.52 Å². The Balaban J connectivity index is 1.29. The lowest BCUT2D eigenvalue weighted by Gasteiger charge is -2.55. The predicted molar refractivity (Wildman–Crippen MR) is 126 cm³/mol. The third-order valence-electron chi connectivity index (χ3n) is 7.58. The number of ketones is 1. The van der Waals surface area contributed by atoms with Gasteiger partial charge in [0, 0.05) is 5.41 Å². The molecule has 0 saturated heterocycles. The van der Waals surface area contributed by atoms with Crippen molar-refractivity contribution in [1.29, 1.82) is 0 Å². The first-order chi connectivity index (χ1) is 16.1. The zero-order chi connectivity index (χ0) is 24.1. The number of carbonyl (C=O) groups is 2. The fraction of sp³-hybridized carbons (Fsp3) is 0.440. The van der Waals surface area contributed by atoms with E-state index in [1.165, 1.54) is 31.4 Å². The Labute approximate surface area is 203 Å². The molecule has 4 aliphatic carbocycles. The summed E-state index contributed by atoms with van der Waals surface area (Å²) in [5.74, 6) is 0.324. The molecule has 9 heteroatoms. The fourth-order valence-electron chi connectivity index (χ4n) is 6.41. The lowest BCUT2D eigenvalue weighted by molar-refractivity contribution is -0.147. The number of nitrogens with one attached hydrogen (secondary N) is 1. The van der Waals surface area contributed by atoms with E-state index in [9.17, 15) is 23.1 Å². The molecule has 0 aromatic heterocycles. The highest BCUT2D eigenvalue weighted by atomic mass is 35.5. The van der Waals surface area contributed by atoms with Gasteiger partial charge in [0.2, 0.25) is 0 Å². The highest BCUT2D eigenvalue weighted by Gasteiger charge is 2.54. The van der Waals surface area contributed by atoms with Crippen LogP contribution in [0.15, 0.2) is 47.4 Å². The van der Waals surface area contributed by atoms with Crippen molar-refractivity contribution in [3.05, 3.63) is 53.1 Å². The number of phenols is 1. The molecule has 4 saturated carbocycles. The molecule has 2 N–H and O–H groups in total. The Bertz CT molecular complexity index is 1220. The Morgan fingerprint density at radius 2 is 1.65 bits per heavy atom. The minimum absolute atomic E-state index is 0.0661. The lowest BCUT2D eigenvalue weighted by Crippen LogP contribution is -2.51. The van der Waals surface area contributed by atoms with Crippen molar-refractivity contribution >= 4 is 39.1 Å². The Kier molecular flexibility index (Phi) is 5.84. The number of anilines is 1. The number of sulfonamides is 1. The van der Waals surface area contributed by atoms with Gasteiger partial charge in [0.25, 0.3) is 10.0 Å². The first-order valence-corrected chi connectivity index (χ1v) is 13.3. The van der Waals surface area contributed by atoms with Crippen LogP contribution in [0.4, 0.5) is 5.69 Å². The molecule has 0 unspecified atom stereocenters. The Morgan fingerprint density at radius 1 is 1.03 bits per heavy atom. The highest BCUT2D eigenvalue weighted by molar-refractivity contribution is 7.92. The van der Waals surface area contributed by atoms with Crippen molar-refractivity contribution < 1.29 is 27.9 Å². The van der Waals surface area contributed by atoms with E-state index in [0.29, 0.717) is 17.8 Å². The standard InChI is InChI=1S/C25H26ClNO6S/c26-20-3-1-2-4-21(20)27-34(31,32)18-5-6-22(28)19(10-18)24(30)33-14-23(29)25-11-15-7-16(12-25)9-17(8-15)13-25/h1-6,10,15-17,27-28H,7-9,11-14H2. The number of halogens is 1. The van der Waals surface area contributed by atoms with Crippen molar-refractivity contribution in [2.75, 3.05) is 11.3 Å². The molecule has 180 valence electrons. The number of benzene rings is 2. The summed E-state index contributed by atoms with van der Waals surface area (Å²) in [6, 6.07) is 9.66. The molecule has 0 radical (unpaired) electrons. The molecule has 0 amide bonds. The van der Waals surface area contributed by atoms with Crippen LogP contribution in [0, 0.1) is 23.2 Å². The molecule has 4 bridgehead atoms. The lowest BCUT2D eigenvalue weighted by atomic mass is 9.48. The minimum Gasteiger partial charge on any atom is -0.507 e. The number of aromatic hydroxyl groups is 1. The van der Waals surface area contributed by atoms with E-state index < -0.39 is 27.2 Å². The van der Waals surface area contributed by atoms with E-state index in [2.05, 4.69) is 4.72 Å². The van der Waals surface area contributed by atoms with E-state index in [1.54, 1.807) is 18.2 Å². The molecule has 6 rings (SSSR count). The number of ether oxygens (including phenoxy) is 1. The second kappa shape index (κ2) is 8.57. The van der Waals surface area contributed by atoms with E-state index in [1.807, 2.05) is 0 Å². The molecule has 0 spiro atoms. The third kappa shape index (κ3) is 4.29. The van der Waals surface area contributed by atoms with Crippen LogP contribution in [0.25, 0.3) is 0 Å². The smallest absolute Gasteiger partial charge is 0.342 e. The van der Waals surface area contributed by atoms with Crippen LogP contribution in [-0.2, 0) is 19.6 Å². The number of phenolic OH excluding ortho intramolecular Hbond substituents is 1. The molecule has 0 heterocycles. The van der Waals surface area contributed by atoms with Gasteiger partial charge in [-0.1, -0.05) is 23.7 Å². The van der Waals surface area contributed by atoms with Crippen molar-refractivity contribution in [2.45, 2.75) is 43.4 Å². The summed E-state index contributed by atoms with van der Waals surface area (Å²) in [4.78, 5) is 25.6. The summed E-state index contributed by atoms with van der Waals surface area (Å²) in [6.07, 6.45) is 6.18. The van der Waals surface area contributed by atoms with Crippen molar-refractivity contribution in [1.82, 2.24) is 0 Å². The average molecular weight is 504 g/mol. The van der Waals surface area contributed by atoms with Crippen molar-refractivity contribution in [3.8, 4) is 5.75 Å². The molecular weight excluding hydrogens is 478 g/mol. The monoisotopic (exact) mass is 503 g/mol. The van der Waals surface area contributed by atoms with E-state index in [4.69, 9.17) is 16.3 Å². The van der Waals surface area contributed by atoms with E-state index >= 15 is 0 Å². The Hall–Kier alpha value is -2.58. The summed E-state index contributed by atoms with van der Waals surface area (Å²) < 4.78 is 33.3. The second-order valence-electron chi connectivity index (χ2n) is 9.96. The quantitative estimate of drug-likeness (QED) is 0.526. The van der Waals surface area contributed by atoms with Gasteiger partial charge >= 0.3 is 5.97 Å². The number of esters is 1. The van der Waals surface area contributed by atoms with Crippen LogP contribution >= 0.6 is 11.6 Å². The van der Waals surface area contributed by atoms with E-state index in [0.717, 1.165) is 31.4 Å².